The summed E-state index contributed by atoms with van der Waals surface area (Å²) in [6, 6.07) is 16.6. The number of hydrogen-bond acceptors (Lipinski definition) is 4. The summed E-state index contributed by atoms with van der Waals surface area (Å²) in [5.74, 6) is 1.90. The lowest BCUT2D eigenvalue weighted by Gasteiger charge is -2.42. The highest BCUT2D eigenvalue weighted by Gasteiger charge is 2.38. The molecule has 0 atom stereocenters. The van der Waals surface area contributed by atoms with Crippen LogP contribution < -0.4 is 10.1 Å². The molecule has 0 aliphatic carbocycles. The Morgan fingerprint density at radius 1 is 1.03 bits per heavy atom. The van der Waals surface area contributed by atoms with Crippen molar-refractivity contribution < 1.29 is 17.9 Å². The highest BCUT2D eigenvalue weighted by molar-refractivity contribution is 7.89. The number of carbonyl (C=O) groups excluding carboxylic acids is 1. The zero-order valence-corrected chi connectivity index (χ0v) is 20.0. The van der Waals surface area contributed by atoms with Gasteiger partial charge in [0.05, 0.1) is 5.75 Å². The first kappa shape index (κ1) is 24.3. The van der Waals surface area contributed by atoms with E-state index in [-0.39, 0.29) is 17.1 Å². The van der Waals surface area contributed by atoms with Gasteiger partial charge in [-0.15, -0.1) is 0 Å². The standard InChI is InChI=1S/C25H34N2O4S/c1-4-32(29,30)27-16-14-25(15-17-27,18-20(2)3)19-26-24(28)21-10-12-23(13-11-21)31-22-8-6-5-7-9-22/h5-13,20H,4,14-19H2,1-3H3,(H,26,28). The Kier molecular flexibility index (Phi) is 7.96. The molecule has 32 heavy (non-hydrogen) atoms. The summed E-state index contributed by atoms with van der Waals surface area (Å²) in [7, 11) is -3.17. The number of sulfonamides is 1. The van der Waals surface area contributed by atoms with Crippen molar-refractivity contribution in [2.45, 2.75) is 40.0 Å². The maximum Gasteiger partial charge on any atom is 0.251 e. The molecule has 0 aromatic heterocycles. The number of rotatable bonds is 9. The van der Waals surface area contributed by atoms with E-state index in [2.05, 4.69) is 19.2 Å². The van der Waals surface area contributed by atoms with Crippen molar-refractivity contribution in [3.05, 3.63) is 60.2 Å². The first-order valence-corrected chi connectivity index (χ1v) is 12.9. The van der Waals surface area contributed by atoms with E-state index in [0.717, 1.165) is 25.0 Å². The van der Waals surface area contributed by atoms with Crippen molar-refractivity contribution in [3.63, 3.8) is 0 Å². The number of ether oxygens (including phenoxy) is 1. The minimum atomic E-state index is -3.17. The number of nitrogens with zero attached hydrogens (tertiary/aromatic N) is 1. The topological polar surface area (TPSA) is 75.7 Å². The van der Waals surface area contributed by atoms with Crippen LogP contribution in [0.2, 0.25) is 0 Å². The predicted octanol–water partition coefficient (Wildman–Crippen LogP) is 4.69. The molecule has 174 valence electrons. The minimum absolute atomic E-state index is 0.0834. The van der Waals surface area contributed by atoms with Crippen molar-refractivity contribution in [2.24, 2.45) is 11.3 Å². The SMILES string of the molecule is CCS(=O)(=O)N1CCC(CNC(=O)c2ccc(Oc3ccccc3)cc2)(CC(C)C)CC1. The molecule has 3 rings (SSSR count). The van der Waals surface area contributed by atoms with Crippen LogP contribution in [0.5, 0.6) is 11.5 Å². The van der Waals surface area contributed by atoms with Crippen molar-refractivity contribution in [2.75, 3.05) is 25.4 Å². The van der Waals surface area contributed by atoms with Gasteiger partial charge in [0.25, 0.3) is 5.91 Å². The van der Waals surface area contributed by atoms with Crippen molar-refractivity contribution >= 4 is 15.9 Å². The molecule has 0 unspecified atom stereocenters. The highest BCUT2D eigenvalue weighted by atomic mass is 32.2. The molecular formula is C25H34N2O4S. The lowest BCUT2D eigenvalue weighted by molar-refractivity contribution is 0.0856. The molecule has 0 radical (unpaired) electrons. The number of amides is 1. The zero-order chi connectivity index (χ0) is 23.2. The van der Waals surface area contributed by atoms with Gasteiger partial charge < -0.3 is 10.1 Å². The zero-order valence-electron chi connectivity index (χ0n) is 19.2. The van der Waals surface area contributed by atoms with Gasteiger partial charge in [-0.3, -0.25) is 4.79 Å². The van der Waals surface area contributed by atoms with Crippen molar-refractivity contribution in [3.8, 4) is 11.5 Å². The first-order chi connectivity index (χ1) is 15.2. The summed E-state index contributed by atoms with van der Waals surface area (Å²) >= 11 is 0. The van der Waals surface area contributed by atoms with E-state index in [1.165, 1.54) is 0 Å². The van der Waals surface area contributed by atoms with Gasteiger partial charge in [0, 0.05) is 25.2 Å². The van der Waals surface area contributed by atoms with E-state index >= 15 is 0 Å². The van der Waals surface area contributed by atoms with E-state index < -0.39 is 10.0 Å². The number of hydrogen-bond donors (Lipinski definition) is 1. The number of benzene rings is 2. The summed E-state index contributed by atoms with van der Waals surface area (Å²) in [4.78, 5) is 12.8. The highest BCUT2D eigenvalue weighted by Crippen LogP contribution is 2.38. The maximum atomic E-state index is 12.8. The Bertz CT molecular complexity index is 980. The molecule has 1 saturated heterocycles. The van der Waals surface area contributed by atoms with Crippen LogP contribution in [0.1, 0.15) is 50.4 Å². The molecule has 1 aliphatic heterocycles. The minimum Gasteiger partial charge on any atom is -0.457 e. The van der Waals surface area contributed by atoms with Crippen molar-refractivity contribution in [1.29, 1.82) is 0 Å². The number of nitrogens with one attached hydrogen (secondary N) is 1. The molecule has 6 nitrogen and oxygen atoms in total. The van der Waals surface area contributed by atoms with Crippen LogP contribution in [-0.2, 0) is 10.0 Å². The Labute approximate surface area is 192 Å². The van der Waals surface area contributed by atoms with Gasteiger partial charge in [-0.1, -0.05) is 32.0 Å². The summed E-state index contributed by atoms with van der Waals surface area (Å²) in [5.41, 5.74) is 0.496. The fraction of sp³-hybridized carbons (Fsp3) is 0.480. The molecule has 7 heteroatoms. The number of para-hydroxylation sites is 1. The molecule has 2 aromatic rings. The molecule has 2 aromatic carbocycles. The normalized spacial score (nSPS) is 16.6. The Balaban J connectivity index is 1.60. The van der Waals surface area contributed by atoms with Crippen LogP contribution in [-0.4, -0.2) is 44.0 Å². The summed E-state index contributed by atoms with van der Waals surface area (Å²) in [5, 5.41) is 3.10. The van der Waals surface area contributed by atoms with Gasteiger partial charge in [0.15, 0.2) is 0 Å². The monoisotopic (exact) mass is 458 g/mol. The van der Waals surface area contributed by atoms with Gasteiger partial charge in [0.1, 0.15) is 11.5 Å². The van der Waals surface area contributed by atoms with Gasteiger partial charge in [-0.25, -0.2) is 12.7 Å². The largest absolute Gasteiger partial charge is 0.457 e. The van der Waals surface area contributed by atoms with Crippen LogP contribution in [0, 0.1) is 11.3 Å². The predicted molar refractivity (Wildman–Crippen MR) is 127 cm³/mol. The quantitative estimate of drug-likeness (QED) is 0.592. The second-order valence-electron chi connectivity index (χ2n) is 9.02. The Morgan fingerprint density at radius 3 is 2.19 bits per heavy atom. The number of piperidine rings is 1. The van der Waals surface area contributed by atoms with Gasteiger partial charge >= 0.3 is 0 Å². The molecule has 1 aliphatic rings. The first-order valence-electron chi connectivity index (χ1n) is 11.3. The lowest BCUT2D eigenvalue weighted by Crippen LogP contribution is -2.48. The Morgan fingerprint density at radius 2 is 1.62 bits per heavy atom. The lowest BCUT2D eigenvalue weighted by atomic mass is 9.73. The average Bonchev–Trinajstić information content (AvgIpc) is 2.79. The summed E-state index contributed by atoms with van der Waals surface area (Å²) in [6.07, 6.45) is 2.47. The van der Waals surface area contributed by atoms with Crippen LogP contribution in [0.3, 0.4) is 0 Å². The summed E-state index contributed by atoms with van der Waals surface area (Å²) in [6.45, 7) is 7.61. The van der Waals surface area contributed by atoms with E-state index in [1.807, 2.05) is 30.3 Å². The van der Waals surface area contributed by atoms with Gasteiger partial charge in [0.2, 0.25) is 10.0 Å². The molecule has 0 saturated carbocycles. The van der Waals surface area contributed by atoms with E-state index in [9.17, 15) is 13.2 Å². The molecule has 1 fully saturated rings. The van der Waals surface area contributed by atoms with E-state index in [4.69, 9.17) is 4.74 Å². The van der Waals surface area contributed by atoms with Crippen molar-refractivity contribution in [1.82, 2.24) is 9.62 Å². The van der Waals surface area contributed by atoms with Gasteiger partial charge in [-0.2, -0.15) is 0 Å². The van der Waals surface area contributed by atoms with E-state index in [1.54, 1.807) is 35.5 Å². The molecule has 0 bridgehead atoms. The maximum absolute atomic E-state index is 12.8. The molecule has 1 amide bonds. The van der Waals surface area contributed by atoms with Crippen LogP contribution in [0.25, 0.3) is 0 Å². The third-order valence-corrected chi connectivity index (χ3v) is 7.98. The molecular weight excluding hydrogens is 424 g/mol. The van der Waals surface area contributed by atoms with Crippen LogP contribution in [0.15, 0.2) is 54.6 Å². The van der Waals surface area contributed by atoms with Crippen LogP contribution in [0.4, 0.5) is 0 Å². The second-order valence-corrected chi connectivity index (χ2v) is 11.3. The third kappa shape index (κ3) is 6.33. The Hall–Kier alpha value is -2.38. The molecule has 1 heterocycles. The van der Waals surface area contributed by atoms with Gasteiger partial charge in [-0.05, 0) is 73.9 Å². The molecule has 1 N–H and O–H groups in total. The summed E-state index contributed by atoms with van der Waals surface area (Å²) < 4.78 is 31.8. The fourth-order valence-electron chi connectivity index (χ4n) is 4.41. The fourth-order valence-corrected chi connectivity index (χ4v) is 5.51. The second kappa shape index (κ2) is 10.5. The smallest absolute Gasteiger partial charge is 0.251 e. The molecule has 0 spiro atoms. The number of carbonyl (C=O) groups is 1. The van der Waals surface area contributed by atoms with Crippen LogP contribution >= 0.6 is 0 Å². The van der Waals surface area contributed by atoms with E-state index in [0.29, 0.717) is 36.9 Å². The average molecular weight is 459 g/mol. The third-order valence-electron chi connectivity index (χ3n) is 6.10.